The van der Waals surface area contributed by atoms with Crippen LogP contribution in [0.4, 0.5) is 4.79 Å². The van der Waals surface area contributed by atoms with Crippen molar-refractivity contribution >= 4 is 23.9 Å². The van der Waals surface area contributed by atoms with Gasteiger partial charge in [0.1, 0.15) is 5.60 Å². The van der Waals surface area contributed by atoms with Crippen LogP contribution in [0.3, 0.4) is 0 Å². The molecule has 8 heteroatoms. The van der Waals surface area contributed by atoms with E-state index < -0.39 is 34.9 Å². The lowest BCUT2D eigenvalue weighted by Crippen LogP contribution is -2.39. The predicted molar refractivity (Wildman–Crippen MR) is 101 cm³/mol. The number of hydrogen-bond donors (Lipinski definition) is 0. The maximum atomic E-state index is 12.9. The normalized spacial score (nSPS) is 25.8. The van der Waals surface area contributed by atoms with Crippen LogP contribution in [0.2, 0.25) is 0 Å². The second-order valence-electron chi connectivity index (χ2n) is 8.89. The van der Waals surface area contributed by atoms with E-state index >= 15 is 0 Å². The number of likely N-dealkylation sites (tertiary alicyclic amines) is 1. The second kappa shape index (κ2) is 6.57. The van der Waals surface area contributed by atoms with Crippen molar-refractivity contribution in [1.29, 1.82) is 0 Å². The molecule has 154 valence electrons. The van der Waals surface area contributed by atoms with Crippen LogP contribution in [0.1, 0.15) is 60.7 Å². The Hall–Kier alpha value is -2.90. The molecule has 1 aliphatic carbocycles. The number of amides is 3. The Kier molecular flexibility index (Phi) is 4.40. The molecular weight excluding hydrogens is 376 g/mol. The molecule has 1 saturated carbocycles. The molecule has 0 aromatic heterocycles. The molecule has 1 aromatic carbocycles. The third kappa shape index (κ3) is 3.36. The van der Waals surface area contributed by atoms with Crippen molar-refractivity contribution in [2.45, 2.75) is 45.6 Å². The van der Waals surface area contributed by atoms with Crippen LogP contribution in [0.25, 0.3) is 0 Å². The Morgan fingerprint density at radius 3 is 2.28 bits per heavy atom. The second-order valence-corrected chi connectivity index (χ2v) is 8.89. The van der Waals surface area contributed by atoms with Crippen LogP contribution >= 0.6 is 0 Å². The summed E-state index contributed by atoms with van der Waals surface area (Å²) in [7, 11) is 0. The lowest BCUT2D eigenvalue weighted by molar-refractivity contribution is -0.176. The van der Waals surface area contributed by atoms with Gasteiger partial charge in [-0.25, -0.2) is 9.59 Å². The van der Waals surface area contributed by atoms with Gasteiger partial charge in [-0.05, 0) is 58.1 Å². The number of hydroxylamine groups is 2. The van der Waals surface area contributed by atoms with Gasteiger partial charge in [0.15, 0.2) is 0 Å². The molecular formula is C21H24N2O6. The molecule has 2 fully saturated rings. The van der Waals surface area contributed by atoms with Gasteiger partial charge in [-0.2, -0.15) is 0 Å². The molecule has 2 atom stereocenters. The lowest BCUT2D eigenvalue weighted by atomic mass is 9.99. The fourth-order valence-corrected chi connectivity index (χ4v) is 4.11. The molecule has 0 spiro atoms. The first-order valence-electron chi connectivity index (χ1n) is 9.80. The maximum Gasteiger partial charge on any atom is 0.410 e. The number of hydrogen-bond acceptors (Lipinski definition) is 6. The van der Waals surface area contributed by atoms with E-state index in [1.807, 2.05) is 0 Å². The predicted octanol–water partition coefficient (Wildman–Crippen LogP) is 2.78. The van der Waals surface area contributed by atoms with Crippen molar-refractivity contribution in [2.24, 2.45) is 11.3 Å². The quantitative estimate of drug-likeness (QED) is 0.709. The molecule has 4 rings (SSSR count). The van der Waals surface area contributed by atoms with Crippen LogP contribution in [0, 0.1) is 11.3 Å². The topological polar surface area (TPSA) is 93.2 Å². The third-order valence-corrected chi connectivity index (χ3v) is 5.80. The van der Waals surface area contributed by atoms with Gasteiger partial charge in [-0.15, -0.1) is 0 Å². The Bertz CT molecular complexity index is 870. The summed E-state index contributed by atoms with van der Waals surface area (Å²) >= 11 is 0. The Balaban J connectivity index is 1.42. The van der Waals surface area contributed by atoms with Gasteiger partial charge in [0.25, 0.3) is 11.8 Å². The number of carbonyl (C=O) groups excluding carboxylic acids is 4. The molecule has 8 nitrogen and oxygen atoms in total. The summed E-state index contributed by atoms with van der Waals surface area (Å²) in [4.78, 5) is 57.0. The minimum absolute atomic E-state index is 0.0672. The fourth-order valence-electron chi connectivity index (χ4n) is 4.11. The first-order valence-corrected chi connectivity index (χ1v) is 9.80. The van der Waals surface area contributed by atoms with E-state index in [0.717, 1.165) is 0 Å². The summed E-state index contributed by atoms with van der Waals surface area (Å²) in [5.74, 6) is -1.77. The van der Waals surface area contributed by atoms with Gasteiger partial charge in [0.05, 0.1) is 16.5 Å². The zero-order valence-electron chi connectivity index (χ0n) is 16.8. The van der Waals surface area contributed by atoms with Crippen molar-refractivity contribution in [3.8, 4) is 0 Å². The number of nitrogens with zero attached hydrogens (tertiary/aromatic N) is 2. The highest BCUT2D eigenvalue weighted by molar-refractivity contribution is 6.21. The summed E-state index contributed by atoms with van der Waals surface area (Å²) in [5.41, 5.74) is -0.889. The number of ether oxygens (including phenoxy) is 1. The molecule has 2 unspecified atom stereocenters. The maximum absolute atomic E-state index is 12.9. The SMILES string of the molecule is CC(C)(C)OC(=O)N1CCC2CC2(C(=O)ON2C(=O)c3ccccc3C2=O)CC1. The van der Waals surface area contributed by atoms with Crippen LogP contribution in [-0.4, -0.2) is 52.5 Å². The molecule has 3 aliphatic rings. The summed E-state index contributed by atoms with van der Waals surface area (Å²) in [6.45, 7) is 6.29. The zero-order valence-corrected chi connectivity index (χ0v) is 16.8. The number of carbonyl (C=O) groups is 4. The van der Waals surface area contributed by atoms with E-state index in [1.54, 1.807) is 37.8 Å². The molecule has 2 aliphatic heterocycles. The van der Waals surface area contributed by atoms with E-state index in [0.29, 0.717) is 37.4 Å². The number of rotatable bonds is 2. The van der Waals surface area contributed by atoms with Crippen molar-refractivity contribution in [1.82, 2.24) is 9.96 Å². The van der Waals surface area contributed by atoms with Crippen molar-refractivity contribution in [2.75, 3.05) is 13.1 Å². The van der Waals surface area contributed by atoms with E-state index in [1.165, 1.54) is 12.1 Å². The van der Waals surface area contributed by atoms with Crippen molar-refractivity contribution < 1.29 is 28.8 Å². The highest BCUT2D eigenvalue weighted by atomic mass is 16.7. The van der Waals surface area contributed by atoms with Crippen LogP contribution in [0.5, 0.6) is 0 Å². The largest absolute Gasteiger partial charge is 0.444 e. The molecule has 0 radical (unpaired) electrons. The van der Waals surface area contributed by atoms with E-state index in [4.69, 9.17) is 9.57 Å². The molecule has 1 aromatic rings. The van der Waals surface area contributed by atoms with Gasteiger partial charge in [0, 0.05) is 13.1 Å². The first-order chi connectivity index (χ1) is 13.6. The van der Waals surface area contributed by atoms with Gasteiger partial charge in [-0.1, -0.05) is 17.2 Å². The van der Waals surface area contributed by atoms with E-state index in [-0.39, 0.29) is 17.0 Å². The van der Waals surface area contributed by atoms with Gasteiger partial charge in [-0.3, -0.25) is 9.59 Å². The summed E-state index contributed by atoms with van der Waals surface area (Å²) < 4.78 is 5.42. The first kappa shape index (κ1) is 19.4. The third-order valence-electron chi connectivity index (χ3n) is 5.80. The highest BCUT2D eigenvalue weighted by Gasteiger charge is 2.62. The standard InChI is InChI=1S/C21H24N2O6/c1-20(2,3)28-19(27)22-10-8-13-12-21(13,9-11-22)18(26)29-23-16(24)14-6-4-5-7-15(14)17(23)25/h4-7,13H,8-12H2,1-3H3. The van der Waals surface area contributed by atoms with Crippen molar-refractivity contribution in [3.63, 3.8) is 0 Å². The van der Waals surface area contributed by atoms with Crippen LogP contribution in [0.15, 0.2) is 24.3 Å². The van der Waals surface area contributed by atoms with Crippen LogP contribution < -0.4 is 0 Å². The number of fused-ring (bicyclic) bond motifs is 2. The average Bonchev–Trinajstić information content (AvgIpc) is 3.34. The number of benzene rings is 1. The zero-order chi connectivity index (χ0) is 21.0. The molecule has 0 bridgehead atoms. The molecule has 2 heterocycles. The molecule has 3 amide bonds. The average molecular weight is 400 g/mol. The molecule has 0 N–H and O–H groups in total. The van der Waals surface area contributed by atoms with Crippen molar-refractivity contribution in [3.05, 3.63) is 35.4 Å². The summed E-state index contributed by atoms with van der Waals surface area (Å²) in [5, 5.41) is 0.563. The van der Waals surface area contributed by atoms with E-state index in [9.17, 15) is 19.2 Å². The molecule has 1 saturated heterocycles. The molecule has 29 heavy (non-hydrogen) atoms. The lowest BCUT2D eigenvalue weighted by Gasteiger charge is -2.27. The summed E-state index contributed by atoms with van der Waals surface area (Å²) in [6.07, 6.45) is 1.30. The smallest absolute Gasteiger partial charge is 0.410 e. The monoisotopic (exact) mass is 400 g/mol. The van der Waals surface area contributed by atoms with E-state index in [2.05, 4.69) is 0 Å². The number of imide groups is 1. The fraction of sp³-hybridized carbons (Fsp3) is 0.524. The minimum Gasteiger partial charge on any atom is -0.444 e. The van der Waals surface area contributed by atoms with Crippen LogP contribution in [-0.2, 0) is 14.4 Å². The van der Waals surface area contributed by atoms with Gasteiger partial charge in [0.2, 0.25) is 0 Å². The van der Waals surface area contributed by atoms with Gasteiger partial charge < -0.3 is 14.5 Å². The highest BCUT2D eigenvalue weighted by Crippen LogP contribution is 2.59. The minimum atomic E-state index is -0.758. The Labute approximate surface area is 168 Å². The Morgan fingerprint density at radius 1 is 1.07 bits per heavy atom. The van der Waals surface area contributed by atoms with Gasteiger partial charge >= 0.3 is 12.1 Å². The Morgan fingerprint density at radius 2 is 1.69 bits per heavy atom. The summed E-state index contributed by atoms with van der Waals surface area (Å²) in [6, 6.07) is 6.38.